The number of rotatable bonds is 9. The first-order valence-electron chi connectivity index (χ1n) is 9.69. The van der Waals surface area contributed by atoms with E-state index in [1.54, 1.807) is 38.1 Å². The lowest BCUT2D eigenvalue weighted by molar-refractivity contribution is -0.384. The van der Waals surface area contributed by atoms with E-state index in [9.17, 15) is 22.9 Å². The average Bonchev–Trinajstić information content (AvgIpc) is 3.23. The van der Waals surface area contributed by atoms with Gasteiger partial charge in [-0.2, -0.15) is 9.41 Å². The zero-order valence-electron chi connectivity index (χ0n) is 17.4. The van der Waals surface area contributed by atoms with Crippen LogP contribution in [0.4, 0.5) is 15.8 Å². The first-order valence-corrected chi connectivity index (χ1v) is 11.1. The Morgan fingerprint density at radius 1 is 1.12 bits per heavy atom. The van der Waals surface area contributed by atoms with Crippen molar-refractivity contribution >= 4 is 27.6 Å². The number of nitrogens with zero attached hydrogens (tertiary/aromatic N) is 3. The number of nitrogens with one attached hydrogen (secondary N) is 1. The first kappa shape index (κ1) is 23.1. The molecule has 3 rings (SSSR count). The van der Waals surface area contributed by atoms with Crippen molar-refractivity contribution in [2.24, 2.45) is 5.10 Å². The fraction of sp³-hybridized carbons (Fsp3) is 0.190. The molecule has 0 spiro atoms. The lowest BCUT2D eigenvalue weighted by atomic mass is 10.2. The molecule has 0 atom stereocenters. The van der Waals surface area contributed by atoms with Crippen molar-refractivity contribution in [1.29, 1.82) is 0 Å². The molecule has 0 bridgehead atoms. The number of furan rings is 1. The molecule has 1 aromatic heterocycles. The average molecular weight is 460 g/mol. The van der Waals surface area contributed by atoms with Crippen LogP contribution in [0.1, 0.15) is 19.6 Å². The van der Waals surface area contributed by atoms with E-state index in [0.29, 0.717) is 17.1 Å². The third kappa shape index (κ3) is 5.01. The van der Waals surface area contributed by atoms with Gasteiger partial charge in [-0.25, -0.2) is 12.8 Å². The van der Waals surface area contributed by atoms with Gasteiger partial charge in [0.15, 0.2) is 0 Å². The highest BCUT2D eigenvalue weighted by Crippen LogP contribution is 2.29. The monoisotopic (exact) mass is 460 g/mol. The predicted molar refractivity (Wildman–Crippen MR) is 119 cm³/mol. The number of hydrazone groups is 1. The van der Waals surface area contributed by atoms with Crippen molar-refractivity contribution in [3.63, 3.8) is 0 Å². The number of nitro groups is 1. The van der Waals surface area contributed by atoms with E-state index in [0.717, 1.165) is 6.07 Å². The van der Waals surface area contributed by atoms with E-state index in [1.807, 2.05) is 0 Å². The van der Waals surface area contributed by atoms with Crippen molar-refractivity contribution in [3.05, 3.63) is 76.3 Å². The zero-order chi connectivity index (χ0) is 23.3. The Morgan fingerprint density at radius 2 is 1.81 bits per heavy atom. The van der Waals surface area contributed by atoms with Crippen LogP contribution in [0.2, 0.25) is 0 Å². The molecular formula is C21H21FN4O5S. The summed E-state index contributed by atoms with van der Waals surface area (Å²) in [5.41, 5.74) is 2.82. The lowest BCUT2D eigenvalue weighted by Gasteiger charge is -2.18. The van der Waals surface area contributed by atoms with Gasteiger partial charge in [0.2, 0.25) is 10.0 Å². The van der Waals surface area contributed by atoms with Crippen LogP contribution in [-0.2, 0) is 10.0 Å². The second kappa shape index (κ2) is 9.71. The fourth-order valence-electron chi connectivity index (χ4n) is 2.99. The maximum absolute atomic E-state index is 13.0. The second-order valence-electron chi connectivity index (χ2n) is 6.60. The third-order valence-corrected chi connectivity index (χ3v) is 6.69. The Bertz CT molecular complexity index is 1240. The third-order valence-electron chi connectivity index (χ3n) is 4.64. The molecule has 0 fully saturated rings. The van der Waals surface area contributed by atoms with Crippen molar-refractivity contribution in [3.8, 4) is 11.3 Å². The molecule has 0 unspecified atom stereocenters. The van der Waals surface area contributed by atoms with Gasteiger partial charge in [0.25, 0.3) is 5.69 Å². The molecule has 1 N–H and O–H groups in total. The quantitative estimate of drug-likeness (QED) is 0.286. The first-order chi connectivity index (χ1) is 15.3. The number of benzene rings is 2. The topological polar surface area (TPSA) is 118 Å². The molecule has 0 amide bonds. The smallest absolute Gasteiger partial charge is 0.295 e. The molecule has 1 heterocycles. The molecule has 0 aliphatic carbocycles. The molecule has 3 aromatic rings. The molecule has 0 aliphatic heterocycles. The molecule has 0 saturated carbocycles. The zero-order valence-corrected chi connectivity index (χ0v) is 18.2. The molecule has 2 aromatic carbocycles. The molecule has 0 aliphatic rings. The van der Waals surface area contributed by atoms with Gasteiger partial charge in [-0.05, 0) is 48.5 Å². The van der Waals surface area contributed by atoms with Crippen LogP contribution in [0.3, 0.4) is 0 Å². The summed E-state index contributed by atoms with van der Waals surface area (Å²) in [6.07, 6.45) is 1.32. The Labute approximate surface area is 184 Å². The highest BCUT2D eigenvalue weighted by atomic mass is 32.2. The van der Waals surface area contributed by atoms with Gasteiger partial charge in [-0.3, -0.25) is 15.5 Å². The van der Waals surface area contributed by atoms with Crippen molar-refractivity contribution < 1.29 is 22.1 Å². The summed E-state index contributed by atoms with van der Waals surface area (Å²) in [6, 6.07) is 12.7. The summed E-state index contributed by atoms with van der Waals surface area (Å²) < 4.78 is 45.1. The molecule has 9 nitrogen and oxygen atoms in total. The minimum absolute atomic E-state index is 0.0232. The number of hydrogen-bond donors (Lipinski definition) is 1. The summed E-state index contributed by atoms with van der Waals surface area (Å²) in [4.78, 5) is 10.6. The SMILES string of the molecule is CCN(CC)S(=O)(=O)c1ccc(NN=Cc2ccc(-c3ccc(F)cc3)o2)c([N+](=O)[O-])c1. The number of halogens is 1. The highest BCUT2D eigenvalue weighted by Gasteiger charge is 2.25. The summed E-state index contributed by atoms with van der Waals surface area (Å²) >= 11 is 0. The van der Waals surface area contributed by atoms with Crippen LogP contribution >= 0.6 is 0 Å². The predicted octanol–water partition coefficient (Wildman–Crippen LogP) is 4.47. The van der Waals surface area contributed by atoms with E-state index in [2.05, 4.69) is 10.5 Å². The van der Waals surface area contributed by atoms with Crippen LogP contribution in [0.15, 0.2) is 69.0 Å². The maximum Gasteiger partial charge on any atom is 0.295 e. The van der Waals surface area contributed by atoms with Crippen LogP contribution in [-0.4, -0.2) is 37.0 Å². The Morgan fingerprint density at radius 3 is 2.44 bits per heavy atom. The van der Waals surface area contributed by atoms with Crippen LogP contribution < -0.4 is 5.43 Å². The normalized spacial score (nSPS) is 11.9. The van der Waals surface area contributed by atoms with Gasteiger partial charge >= 0.3 is 0 Å². The standard InChI is InChI=1S/C21H21FN4O5S/c1-3-25(4-2)32(29,30)18-10-11-19(20(13-18)26(27)28)24-23-14-17-9-12-21(31-17)15-5-7-16(22)8-6-15/h5-14,24H,3-4H2,1-2H3. The summed E-state index contributed by atoms with van der Waals surface area (Å²) in [5.74, 6) is 0.507. The minimum Gasteiger partial charge on any atom is -0.455 e. The number of sulfonamides is 1. The number of hydrogen-bond acceptors (Lipinski definition) is 7. The number of nitro benzene ring substituents is 1. The van der Waals surface area contributed by atoms with Gasteiger partial charge in [0, 0.05) is 24.7 Å². The molecule has 11 heteroatoms. The summed E-state index contributed by atoms with van der Waals surface area (Å²) in [6.45, 7) is 3.88. The van der Waals surface area contributed by atoms with Gasteiger partial charge < -0.3 is 4.42 Å². The van der Waals surface area contributed by atoms with E-state index >= 15 is 0 Å². The second-order valence-corrected chi connectivity index (χ2v) is 8.54. The number of anilines is 1. The molecular weight excluding hydrogens is 439 g/mol. The van der Waals surface area contributed by atoms with Crippen molar-refractivity contribution in [2.75, 3.05) is 18.5 Å². The van der Waals surface area contributed by atoms with Crippen LogP contribution in [0, 0.1) is 15.9 Å². The van der Waals surface area contributed by atoms with E-state index < -0.39 is 20.6 Å². The highest BCUT2D eigenvalue weighted by molar-refractivity contribution is 7.89. The van der Waals surface area contributed by atoms with Gasteiger partial charge in [-0.15, -0.1) is 0 Å². The Hall–Kier alpha value is -3.57. The van der Waals surface area contributed by atoms with E-state index in [-0.39, 0.29) is 29.5 Å². The van der Waals surface area contributed by atoms with E-state index in [4.69, 9.17) is 4.42 Å². The van der Waals surface area contributed by atoms with Gasteiger partial charge in [0.05, 0.1) is 16.0 Å². The Balaban J connectivity index is 1.80. The van der Waals surface area contributed by atoms with E-state index in [1.165, 1.54) is 34.8 Å². The van der Waals surface area contributed by atoms with Crippen molar-refractivity contribution in [1.82, 2.24) is 4.31 Å². The largest absolute Gasteiger partial charge is 0.455 e. The maximum atomic E-state index is 13.0. The minimum atomic E-state index is -3.84. The van der Waals surface area contributed by atoms with Gasteiger partial charge in [-0.1, -0.05) is 13.8 Å². The van der Waals surface area contributed by atoms with Crippen molar-refractivity contribution in [2.45, 2.75) is 18.7 Å². The molecule has 0 radical (unpaired) electrons. The summed E-state index contributed by atoms with van der Waals surface area (Å²) in [7, 11) is -3.84. The molecule has 32 heavy (non-hydrogen) atoms. The molecule has 168 valence electrons. The lowest BCUT2D eigenvalue weighted by Crippen LogP contribution is -2.30. The fourth-order valence-corrected chi connectivity index (χ4v) is 4.47. The summed E-state index contributed by atoms with van der Waals surface area (Å²) in [5, 5.41) is 15.4. The Kier molecular flexibility index (Phi) is 7.01. The van der Waals surface area contributed by atoms with Crippen LogP contribution in [0.25, 0.3) is 11.3 Å². The van der Waals surface area contributed by atoms with Crippen LogP contribution in [0.5, 0.6) is 0 Å². The molecule has 0 saturated heterocycles. The van der Waals surface area contributed by atoms with Gasteiger partial charge in [0.1, 0.15) is 23.0 Å².